The Morgan fingerprint density at radius 3 is 2.71 bits per heavy atom. The van der Waals surface area contributed by atoms with Crippen LogP contribution in [0.15, 0.2) is 0 Å². The minimum Gasteiger partial charge on any atom is -0.383 e. The molecule has 94 valence electrons. The number of methoxy groups -OCH3 is 1. The number of nitrogens with one attached hydrogen (secondary N) is 2. The second kappa shape index (κ2) is 5.94. The van der Waals surface area contributed by atoms with E-state index < -0.39 is 4.92 Å². The molecular weight excluding hydrogens is 226 g/mol. The topological polar surface area (TPSA) is 102 Å². The van der Waals surface area contributed by atoms with Crippen molar-refractivity contribution in [3.8, 4) is 0 Å². The molecule has 2 N–H and O–H groups in total. The molecule has 8 heteroatoms. The van der Waals surface area contributed by atoms with Crippen LogP contribution >= 0.6 is 0 Å². The zero-order chi connectivity index (χ0) is 12.8. The maximum atomic E-state index is 10.9. The van der Waals surface area contributed by atoms with Crippen LogP contribution in [0.1, 0.15) is 5.69 Å². The van der Waals surface area contributed by atoms with Crippen LogP contribution in [-0.2, 0) is 4.74 Å². The van der Waals surface area contributed by atoms with E-state index in [4.69, 9.17) is 4.74 Å². The minimum absolute atomic E-state index is 0.111. The summed E-state index contributed by atoms with van der Waals surface area (Å²) in [7, 11) is 3.21. The zero-order valence-electron chi connectivity index (χ0n) is 9.98. The average molecular weight is 241 g/mol. The molecular formula is C9H15N5O3. The van der Waals surface area contributed by atoms with E-state index >= 15 is 0 Å². The Bertz CT molecular complexity index is 410. The lowest BCUT2D eigenvalue weighted by Crippen LogP contribution is -2.13. The van der Waals surface area contributed by atoms with Gasteiger partial charge in [0.25, 0.3) is 0 Å². The van der Waals surface area contributed by atoms with Crippen molar-refractivity contribution in [3.05, 3.63) is 15.8 Å². The molecule has 0 aliphatic carbocycles. The number of rotatable bonds is 6. The summed E-state index contributed by atoms with van der Waals surface area (Å²) >= 11 is 0. The molecule has 0 aliphatic rings. The van der Waals surface area contributed by atoms with Crippen LogP contribution < -0.4 is 10.6 Å². The SMILES string of the molecule is CNc1nc(C)c([N+](=O)[O-])c(NCCOC)n1. The molecule has 1 aromatic rings. The van der Waals surface area contributed by atoms with Crippen LogP contribution in [0.3, 0.4) is 0 Å². The molecule has 0 bridgehead atoms. The first-order valence-electron chi connectivity index (χ1n) is 5.03. The Labute approximate surface area is 98.6 Å². The number of ether oxygens (including phenoxy) is 1. The maximum Gasteiger partial charge on any atom is 0.332 e. The van der Waals surface area contributed by atoms with Gasteiger partial charge in [-0.05, 0) is 6.92 Å². The van der Waals surface area contributed by atoms with Crippen molar-refractivity contribution < 1.29 is 9.66 Å². The molecule has 8 nitrogen and oxygen atoms in total. The van der Waals surface area contributed by atoms with Crippen LogP contribution in [0.25, 0.3) is 0 Å². The van der Waals surface area contributed by atoms with Crippen molar-refractivity contribution in [1.29, 1.82) is 0 Å². The third kappa shape index (κ3) is 3.25. The first-order chi connectivity index (χ1) is 8.10. The van der Waals surface area contributed by atoms with Gasteiger partial charge in [0, 0.05) is 20.7 Å². The summed E-state index contributed by atoms with van der Waals surface area (Å²) < 4.78 is 4.86. The van der Waals surface area contributed by atoms with Crippen molar-refractivity contribution in [2.45, 2.75) is 6.92 Å². The van der Waals surface area contributed by atoms with Gasteiger partial charge in [-0.2, -0.15) is 4.98 Å². The molecule has 0 fully saturated rings. The highest BCUT2D eigenvalue weighted by atomic mass is 16.6. The smallest absolute Gasteiger partial charge is 0.332 e. The molecule has 0 unspecified atom stereocenters. The predicted molar refractivity (Wildman–Crippen MR) is 63.3 cm³/mol. The van der Waals surface area contributed by atoms with E-state index in [1.54, 1.807) is 21.1 Å². The van der Waals surface area contributed by atoms with Gasteiger partial charge >= 0.3 is 5.69 Å². The number of hydrogen-bond acceptors (Lipinski definition) is 7. The molecule has 0 saturated carbocycles. The Kier molecular flexibility index (Phi) is 4.58. The van der Waals surface area contributed by atoms with Crippen LogP contribution in [0.5, 0.6) is 0 Å². The van der Waals surface area contributed by atoms with Crippen molar-refractivity contribution in [2.24, 2.45) is 0 Å². The van der Waals surface area contributed by atoms with Crippen LogP contribution in [0.4, 0.5) is 17.5 Å². The monoisotopic (exact) mass is 241 g/mol. The third-order valence-corrected chi connectivity index (χ3v) is 2.06. The summed E-state index contributed by atoms with van der Waals surface area (Å²) in [5.74, 6) is 0.539. The number of nitro groups is 1. The van der Waals surface area contributed by atoms with E-state index in [1.165, 1.54) is 0 Å². The van der Waals surface area contributed by atoms with E-state index in [2.05, 4.69) is 20.6 Å². The quantitative estimate of drug-likeness (QED) is 0.431. The van der Waals surface area contributed by atoms with Crippen LogP contribution in [0, 0.1) is 17.0 Å². The van der Waals surface area contributed by atoms with Crippen LogP contribution in [0.2, 0.25) is 0 Å². The summed E-state index contributed by atoms with van der Waals surface area (Å²) in [4.78, 5) is 18.4. The van der Waals surface area contributed by atoms with Crippen LogP contribution in [-0.4, -0.2) is 42.2 Å². The Morgan fingerprint density at radius 2 is 2.18 bits per heavy atom. The van der Waals surface area contributed by atoms with Gasteiger partial charge < -0.3 is 15.4 Å². The largest absolute Gasteiger partial charge is 0.383 e. The van der Waals surface area contributed by atoms with E-state index in [-0.39, 0.29) is 11.5 Å². The predicted octanol–water partition coefficient (Wildman–Crippen LogP) is 0.793. The fourth-order valence-electron chi connectivity index (χ4n) is 1.29. The fourth-order valence-corrected chi connectivity index (χ4v) is 1.29. The third-order valence-electron chi connectivity index (χ3n) is 2.06. The Morgan fingerprint density at radius 1 is 1.47 bits per heavy atom. The van der Waals surface area contributed by atoms with Gasteiger partial charge in [-0.1, -0.05) is 0 Å². The van der Waals surface area contributed by atoms with Crippen molar-refractivity contribution in [3.63, 3.8) is 0 Å². The number of anilines is 2. The Balaban J connectivity index is 3.04. The lowest BCUT2D eigenvalue weighted by Gasteiger charge is -2.08. The summed E-state index contributed by atoms with van der Waals surface area (Å²) in [6.07, 6.45) is 0. The summed E-state index contributed by atoms with van der Waals surface area (Å²) in [6.45, 7) is 2.45. The van der Waals surface area contributed by atoms with Gasteiger partial charge in [-0.15, -0.1) is 0 Å². The van der Waals surface area contributed by atoms with E-state index in [0.717, 1.165) is 0 Å². The first-order valence-corrected chi connectivity index (χ1v) is 5.03. The number of aryl methyl sites for hydroxylation is 1. The van der Waals surface area contributed by atoms with Gasteiger partial charge in [-0.25, -0.2) is 4.98 Å². The lowest BCUT2D eigenvalue weighted by atomic mass is 10.3. The number of aromatic nitrogens is 2. The van der Waals surface area contributed by atoms with Gasteiger partial charge in [0.1, 0.15) is 5.69 Å². The standard InChI is InChI=1S/C9H15N5O3/c1-6-7(14(15)16)8(11-4-5-17-3)13-9(10-2)12-6/h4-5H2,1-3H3,(H2,10,11,12,13). The molecule has 17 heavy (non-hydrogen) atoms. The summed E-state index contributed by atoms with van der Waals surface area (Å²) in [5, 5.41) is 16.5. The number of hydrogen-bond donors (Lipinski definition) is 2. The highest BCUT2D eigenvalue weighted by Crippen LogP contribution is 2.25. The first kappa shape index (κ1) is 13.1. The fraction of sp³-hybridized carbons (Fsp3) is 0.556. The molecule has 0 spiro atoms. The van der Waals surface area contributed by atoms with Gasteiger partial charge in [0.2, 0.25) is 11.8 Å². The molecule has 0 amide bonds. The van der Waals surface area contributed by atoms with Crippen molar-refractivity contribution >= 4 is 17.5 Å². The van der Waals surface area contributed by atoms with Gasteiger partial charge in [-0.3, -0.25) is 10.1 Å². The molecule has 0 aromatic carbocycles. The van der Waals surface area contributed by atoms with E-state index in [0.29, 0.717) is 24.8 Å². The molecule has 1 aromatic heterocycles. The molecule has 0 saturated heterocycles. The molecule has 0 radical (unpaired) electrons. The molecule has 0 aliphatic heterocycles. The minimum atomic E-state index is -0.496. The zero-order valence-corrected chi connectivity index (χ0v) is 9.98. The van der Waals surface area contributed by atoms with Crippen molar-refractivity contribution in [1.82, 2.24) is 9.97 Å². The highest BCUT2D eigenvalue weighted by Gasteiger charge is 2.21. The lowest BCUT2D eigenvalue weighted by molar-refractivity contribution is -0.385. The average Bonchev–Trinajstić information content (AvgIpc) is 2.28. The summed E-state index contributed by atoms with van der Waals surface area (Å²) in [5.41, 5.74) is 0.203. The van der Waals surface area contributed by atoms with Gasteiger partial charge in [0.15, 0.2) is 0 Å². The van der Waals surface area contributed by atoms with E-state index in [1.807, 2.05) is 0 Å². The Hall–Kier alpha value is -1.96. The van der Waals surface area contributed by atoms with Gasteiger partial charge in [0.05, 0.1) is 11.5 Å². The number of nitrogens with zero attached hydrogens (tertiary/aromatic N) is 3. The van der Waals surface area contributed by atoms with Crippen molar-refractivity contribution in [2.75, 3.05) is 37.9 Å². The molecule has 1 rings (SSSR count). The molecule has 0 atom stereocenters. The maximum absolute atomic E-state index is 10.9. The highest BCUT2D eigenvalue weighted by molar-refractivity contribution is 5.60. The summed E-state index contributed by atoms with van der Waals surface area (Å²) in [6, 6.07) is 0. The second-order valence-electron chi connectivity index (χ2n) is 3.26. The van der Waals surface area contributed by atoms with E-state index in [9.17, 15) is 10.1 Å². The second-order valence-corrected chi connectivity index (χ2v) is 3.26. The normalized spacial score (nSPS) is 10.1. The molecule has 1 heterocycles.